The quantitative estimate of drug-likeness (QED) is 0.781. The second-order valence-electron chi connectivity index (χ2n) is 4.17. The first kappa shape index (κ1) is 13.5. The lowest BCUT2D eigenvalue weighted by atomic mass is 10.2. The fourth-order valence-corrected chi connectivity index (χ4v) is 1.71. The van der Waals surface area contributed by atoms with Crippen molar-refractivity contribution in [1.82, 2.24) is 10.5 Å². The zero-order chi connectivity index (χ0) is 13.5. The van der Waals surface area contributed by atoms with Gasteiger partial charge in [0.25, 0.3) is 0 Å². The maximum atomic E-state index is 13.8. The molecule has 0 spiro atoms. The fourth-order valence-electron chi connectivity index (χ4n) is 1.71. The van der Waals surface area contributed by atoms with Crippen molar-refractivity contribution in [3.05, 3.63) is 47.6 Å². The van der Waals surface area contributed by atoms with Gasteiger partial charge >= 0.3 is 0 Å². The maximum absolute atomic E-state index is 13.8. The van der Waals surface area contributed by atoms with Gasteiger partial charge in [0, 0.05) is 18.2 Å². The molecule has 0 radical (unpaired) electrons. The number of para-hydroxylation sites is 1. The number of hydrogen-bond acceptors (Lipinski definition) is 4. The van der Waals surface area contributed by atoms with Gasteiger partial charge in [-0.1, -0.05) is 24.2 Å². The molecule has 0 atom stereocenters. The summed E-state index contributed by atoms with van der Waals surface area (Å²) >= 11 is 0. The summed E-state index contributed by atoms with van der Waals surface area (Å²) in [6, 6.07) is 6.61. The molecule has 19 heavy (non-hydrogen) atoms. The van der Waals surface area contributed by atoms with E-state index < -0.39 is 0 Å². The van der Waals surface area contributed by atoms with Gasteiger partial charge in [0.05, 0.1) is 6.20 Å². The predicted octanol–water partition coefficient (Wildman–Crippen LogP) is 2.89. The summed E-state index contributed by atoms with van der Waals surface area (Å²) in [5, 5.41) is 6.81. The van der Waals surface area contributed by atoms with E-state index in [1.54, 1.807) is 12.1 Å². The lowest BCUT2D eigenvalue weighted by molar-refractivity contribution is 0.238. The standard InChI is InChI=1S/C14H17FN2O2/c1-2-7-16-9-11-4-3-5-13(15)14(11)18-10-12-6-8-17-19-12/h3-6,8,16H,2,7,9-10H2,1H3. The number of hydrogen-bond donors (Lipinski definition) is 1. The maximum Gasteiger partial charge on any atom is 0.174 e. The Kier molecular flexibility index (Phi) is 4.92. The third kappa shape index (κ3) is 3.79. The summed E-state index contributed by atoms with van der Waals surface area (Å²) in [6.07, 6.45) is 2.56. The van der Waals surface area contributed by atoms with Crippen LogP contribution in [0.5, 0.6) is 5.75 Å². The van der Waals surface area contributed by atoms with Crippen LogP contribution in [0.3, 0.4) is 0 Å². The number of aromatic nitrogens is 1. The predicted molar refractivity (Wildman–Crippen MR) is 69.2 cm³/mol. The fraction of sp³-hybridized carbons (Fsp3) is 0.357. The molecule has 102 valence electrons. The summed E-state index contributed by atoms with van der Waals surface area (Å²) in [5.41, 5.74) is 0.799. The van der Waals surface area contributed by atoms with E-state index in [1.165, 1.54) is 12.3 Å². The molecule has 0 aliphatic carbocycles. The Labute approximate surface area is 111 Å². The van der Waals surface area contributed by atoms with E-state index in [4.69, 9.17) is 9.26 Å². The van der Waals surface area contributed by atoms with Crippen molar-refractivity contribution in [2.75, 3.05) is 6.54 Å². The Bertz CT molecular complexity index is 500. The second kappa shape index (κ2) is 6.89. The van der Waals surface area contributed by atoms with Gasteiger partial charge in [-0.3, -0.25) is 0 Å². The van der Waals surface area contributed by atoms with Gasteiger partial charge in [-0.25, -0.2) is 4.39 Å². The van der Waals surface area contributed by atoms with Crippen molar-refractivity contribution < 1.29 is 13.7 Å². The van der Waals surface area contributed by atoms with Gasteiger partial charge in [0.2, 0.25) is 0 Å². The highest BCUT2D eigenvalue weighted by Gasteiger charge is 2.10. The lowest BCUT2D eigenvalue weighted by Gasteiger charge is -2.11. The van der Waals surface area contributed by atoms with Crippen LogP contribution in [-0.2, 0) is 13.2 Å². The van der Waals surface area contributed by atoms with Gasteiger partial charge < -0.3 is 14.6 Å². The highest BCUT2D eigenvalue weighted by Crippen LogP contribution is 2.23. The third-order valence-corrected chi connectivity index (χ3v) is 2.64. The molecule has 1 aromatic carbocycles. The van der Waals surface area contributed by atoms with Crippen LogP contribution < -0.4 is 10.1 Å². The van der Waals surface area contributed by atoms with Crippen LogP contribution in [0.1, 0.15) is 24.7 Å². The van der Waals surface area contributed by atoms with Crippen LogP contribution in [0.2, 0.25) is 0 Å². The molecule has 0 aliphatic rings. The number of ether oxygens (including phenoxy) is 1. The van der Waals surface area contributed by atoms with E-state index in [1.807, 2.05) is 6.07 Å². The van der Waals surface area contributed by atoms with Gasteiger partial charge in [0.15, 0.2) is 17.3 Å². The van der Waals surface area contributed by atoms with Crippen LogP contribution >= 0.6 is 0 Å². The summed E-state index contributed by atoms with van der Waals surface area (Å²) in [6.45, 7) is 3.72. The molecule has 0 fully saturated rings. The number of nitrogens with zero attached hydrogens (tertiary/aromatic N) is 1. The number of benzene rings is 1. The lowest BCUT2D eigenvalue weighted by Crippen LogP contribution is -2.15. The molecular formula is C14H17FN2O2. The normalized spacial score (nSPS) is 10.6. The molecular weight excluding hydrogens is 247 g/mol. The first-order valence-electron chi connectivity index (χ1n) is 6.31. The van der Waals surface area contributed by atoms with Crippen molar-refractivity contribution in [2.45, 2.75) is 26.5 Å². The topological polar surface area (TPSA) is 47.3 Å². The molecule has 5 heteroatoms. The Hall–Kier alpha value is -1.88. The molecule has 1 heterocycles. The molecule has 2 rings (SSSR count). The van der Waals surface area contributed by atoms with Gasteiger partial charge in [-0.15, -0.1) is 0 Å². The van der Waals surface area contributed by atoms with Gasteiger partial charge in [0.1, 0.15) is 6.61 Å². The Balaban J connectivity index is 2.04. The summed E-state index contributed by atoms with van der Waals surface area (Å²) in [7, 11) is 0. The Morgan fingerprint density at radius 1 is 1.37 bits per heavy atom. The average molecular weight is 264 g/mol. The molecule has 1 aromatic heterocycles. The average Bonchev–Trinajstić information content (AvgIpc) is 2.91. The van der Waals surface area contributed by atoms with Gasteiger partial charge in [-0.2, -0.15) is 0 Å². The first-order chi connectivity index (χ1) is 9.31. The second-order valence-corrected chi connectivity index (χ2v) is 4.17. The van der Waals surface area contributed by atoms with E-state index in [-0.39, 0.29) is 18.2 Å². The van der Waals surface area contributed by atoms with E-state index in [2.05, 4.69) is 17.4 Å². The highest BCUT2D eigenvalue weighted by atomic mass is 19.1. The molecule has 0 aliphatic heterocycles. The van der Waals surface area contributed by atoms with Crippen LogP contribution in [-0.4, -0.2) is 11.7 Å². The number of halogens is 1. The molecule has 4 nitrogen and oxygen atoms in total. The van der Waals surface area contributed by atoms with Gasteiger partial charge in [-0.05, 0) is 19.0 Å². The van der Waals surface area contributed by atoms with Crippen LogP contribution in [0.25, 0.3) is 0 Å². The van der Waals surface area contributed by atoms with E-state index in [0.717, 1.165) is 18.5 Å². The van der Waals surface area contributed by atoms with Crippen LogP contribution in [0.4, 0.5) is 4.39 Å². The number of rotatable bonds is 7. The largest absolute Gasteiger partial charge is 0.482 e. The Morgan fingerprint density at radius 2 is 2.26 bits per heavy atom. The van der Waals surface area contributed by atoms with Crippen molar-refractivity contribution in [3.8, 4) is 5.75 Å². The minimum Gasteiger partial charge on any atom is -0.482 e. The van der Waals surface area contributed by atoms with E-state index >= 15 is 0 Å². The van der Waals surface area contributed by atoms with Crippen molar-refractivity contribution >= 4 is 0 Å². The zero-order valence-corrected chi connectivity index (χ0v) is 10.9. The molecule has 0 unspecified atom stereocenters. The van der Waals surface area contributed by atoms with Crippen LogP contribution in [0, 0.1) is 5.82 Å². The van der Waals surface area contributed by atoms with Crippen molar-refractivity contribution in [3.63, 3.8) is 0 Å². The summed E-state index contributed by atoms with van der Waals surface area (Å²) in [5.74, 6) is 0.466. The minimum absolute atomic E-state index is 0.168. The summed E-state index contributed by atoms with van der Waals surface area (Å²) in [4.78, 5) is 0. The van der Waals surface area contributed by atoms with Crippen molar-refractivity contribution in [2.24, 2.45) is 0 Å². The zero-order valence-electron chi connectivity index (χ0n) is 10.9. The summed E-state index contributed by atoms with van der Waals surface area (Å²) < 4.78 is 24.2. The SMILES string of the molecule is CCCNCc1cccc(F)c1OCc1ccno1. The van der Waals surface area contributed by atoms with Crippen LogP contribution in [0.15, 0.2) is 35.0 Å². The minimum atomic E-state index is -0.365. The highest BCUT2D eigenvalue weighted by molar-refractivity contribution is 5.35. The van der Waals surface area contributed by atoms with Crippen molar-refractivity contribution in [1.29, 1.82) is 0 Å². The smallest absolute Gasteiger partial charge is 0.174 e. The molecule has 0 amide bonds. The number of nitrogens with one attached hydrogen (secondary N) is 1. The molecule has 2 aromatic rings. The first-order valence-corrected chi connectivity index (χ1v) is 6.31. The third-order valence-electron chi connectivity index (χ3n) is 2.64. The molecule has 0 bridgehead atoms. The van der Waals surface area contributed by atoms with E-state index in [9.17, 15) is 4.39 Å². The molecule has 0 saturated heterocycles. The molecule has 1 N–H and O–H groups in total. The Morgan fingerprint density at radius 3 is 3.00 bits per heavy atom. The monoisotopic (exact) mass is 264 g/mol. The molecule has 0 saturated carbocycles. The van der Waals surface area contributed by atoms with E-state index in [0.29, 0.717) is 12.3 Å².